The zero-order valence-electron chi connectivity index (χ0n) is 14.1. The van der Waals surface area contributed by atoms with Gasteiger partial charge in [-0.2, -0.15) is 0 Å². The standard InChI is InChI=1S/C19H39/c1-4-7-8-9-10-11-12-13-14-15-16-17-18-19(5-2)6-3/h4-18H2,1-3H3. The second-order valence-electron chi connectivity index (χ2n) is 6.10. The van der Waals surface area contributed by atoms with Crippen molar-refractivity contribution in [1.82, 2.24) is 0 Å². The molecule has 0 aliphatic carbocycles. The van der Waals surface area contributed by atoms with Crippen LogP contribution in [-0.4, -0.2) is 0 Å². The minimum atomic E-state index is 1.30. The first-order chi connectivity index (χ1) is 9.35. The summed E-state index contributed by atoms with van der Waals surface area (Å²) in [5.41, 5.74) is 0. The third kappa shape index (κ3) is 14.2. The van der Waals surface area contributed by atoms with Crippen LogP contribution >= 0.6 is 0 Å². The fourth-order valence-corrected chi connectivity index (χ4v) is 2.82. The Balaban J connectivity index is 3.02. The molecule has 0 spiro atoms. The third-order valence-electron chi connectivity index (χ3n) is 4.38. The Kier molecular flexibility index (Phi) is 16.1. The molecule has 0 saturated heterocycles. The summed E-state index contributed by atoms with van der Waals surface area (Å²) in [5, 5.41) is 0. The smallest absolute Gasteiger partial charge is 0.0246 e. The summed E-state index contributed by atoms with van der Waals surface area (Å²) in [7, 11) is 0. The summed E-state index contributed by atoms with van der Waals surface area (Å²) in [5.74, 6) is 1.77. The van der Waals surface area contributed by atoms with Gasteiger partial charge in [0.2, 0.25) is 0 Å². The van der Waals surface area contributed by atoms with Crippen molar-refractivity contribution in [2.45, 2.75) is 117 Å². The molecule has 0 aliphatic rings. The van der Waals surface area contributed by atoms with E-state index in [4.69, 9.17) is 0 Å². The van der Waals surface area contributed by atoms with Crippen molar-refractivity contribution in [2.75, 3.05) is 0 Å². The molecular formula is C19H39. The average molecular weight is 268 g/mol. The van der Waals surface area contributed by atoms with Gasteiger partial charge in [0.05, 0.1) is 0 Å². The van der Waals surface area contributed by atoms with Gasteiger partial charge in [0, 0.05) is 0 Å². The summed E-state index contributed by atoms with van der Waals surface area (Å²) in [4.78, 5) is 0. The van der Waals surface area contributed by atoms with E-state index in [0.29, 0.717) is 0 Å². The van der Waals surface area contributed by atoms with Crippen LogP contribution in [0.3, 0.4) is 0 Å². The quantitative estimate of drug-likeness (QED) is 0.270. The molecule has 0 nitrogen and oxygen atoms in total. The maximum atomic E-state index is 2.30. The lowest BCUT2D eigenvalue weighted by molar-refractivity contribution is 0.536. The molecule has 0 rings (SSSR count). The number of rotatable bonds is 15. The molecule has 0 aromatic heterocycles. The van der Waals surface area contributed by atoms with Crippen LogP contribution in [0.5, 0.6) is 0 Å². The molecule has 0 heteroatoms. The van der Waals surface area contributed by atoms with Crippen molar-refractivity contribution < 1.29 is 0 Å². The van der Waals surface area contributed by atoms with Gasteiger partial charge >= 0.3 is 0 Å². The van der Waals surface area contributed by atoms with Crippen LogP contribution < -0.4 is 0 Å². The first kappa shape index (κ1) is 19.0. The number of hydrogen-bond acceptors (Lipinski definition) is 0. The Morgan fingerprint density at radius 2 is 0.842 bits per heavy atom. The predicted molar refractivity (Wildman–Crippen MR) is 89.5 cm³/mol. The number of hydrogen-bond donors (Lipinski definition) is 0. The second kappa shape index (κ2) is 16.1. The zero-order chi connectivity index (χ0) is 14.2. The van der Waals surface area contributed by atoms with E-state index in [1.165, 1.54) is 96.3 Å². The first-order valence-corrected chi connectivity index (χ1v) is 9.18. The summed E-state index contributed by atoms with van der Waals surface area (Å²) in [6.07, 6.45) is 21.5. The molecule has 0 amide bonds. The van der Waals surface area contributed by atoms with Crippen LogP contribution in [0.4, 0.5) is 0 Å². The second-order valence-corrected chi connectivity index (χ2v) is 6.10. The van der Waals surface area contributed by atoms with E-state index in [9.17, 15) is 0 Å². The zero-order valence-corrected chi connectivity index (χ0v) is 14.1. The van der Waals surface area contributed by atoms with Crippen molar-refractivity contribution in [2.24, 2.45) is 0 Å². The van der Waals surface area contributed by atoms with E-state index in [0.717, 1.165) is 0 Å². The molecule has 0 bridgehead atoms. The van der Waals surface area contributed by atoms with Crippen LogP contribution in [0.1, 0.15) is 117 Å². The maximum Gasteiger partial charge on any atom is -0.0246 e. The normalized spacial score (nSPS) is 11.4. The van der Waals surface area contributed by atoms with Gasteiger partial charge in [-0.15, -0.1) is 0 Å². The first-order valence-electron chi connectivity index (χ1n) is 9.18. The lowest BCUT2D eigenvalue weighted by Gasteiger charge is -2.10. The molecule has 0 aromatic rings. The Morgan fingerprint density at radius 1 is 0.474 bits per heavy atom. The van der Waals surface area contributed by atoms with E-state index in [1.807, 2.05) is 0 Å². The lowest BCUT2D eigenvalue weighted by Crippen LogP contribution is -1.93. The van der Waals surface area contributed by atoms with E-state index in [-0.39, 0.29) is 0 Å². The van der Waals surface area contributed by atoms with Gasteiger partial charge in [0.15, 0.2) is 0 Å². The summed E-state index contributed by atoms with van der Waals surface area (Å²) in [6, 6.07) is 0. The summed E-state index contributed by atoms with van der Waals surface area (Å²) in [6.45, 7) is 6.90. The summed E-state index contributed by atoms with van der Waals surface area (Å²) >= 11 is 0. The molecular weight excluding hydrogens is 228 g/mol. The highest BCUT2D eigenvalue weighted by Gasteiger charge is 2.02. The lowest BCUT2D eigenvalue weighted by atomic mass is 9.95. The molecule has 0 aliphatic heterocycles. The monoisotopic (exact) mass is 267 g/mol. The third-order valence-corrected chi connectivity index (χ3v) is 4.38. The highest BCUT2D eigenvalue weighted by atomic mass is 14.1. The Morgan fingerprint density at radius 3 is 1.21 bits per heavy atom. The van der Waals surface area contributed by atoms with Gasteiger partial charge in [-0.25, -0.2) is 0 Å². The molecule has 0 atom stereocenters. The molecule has 0 N–H and O–H groups in total. The van der Waals surface area contributed by atoms with Crippen LogP contribution in [0, 0.1) is 5.92 Å². The molecule has 0 fully saturated rings. The van der Waals surface area contributed by atoms with Crippen molar-refractivity contribution in [3.63, 3.8) is 0 Å². The molecule has 115 valence electrons. The topological polar surface area (TPSA) is 0 Å². The van der Waals surface area contributed by atoms with E-state index in [1.54, 1.807) is 5.92 Å². The van der Waals surface area contributed by atoms with E-state index in [2.05, 4.69) is 20.8 Å². The van der Waals surface area contributed by atoms with Gasteiger partial charge in [-0.05, 0) is 25.2 Å². The molecule has 0 aromatic carbocycles. The predicted octanol–water partition coefficient (Wildman–Crippen LogP) is 7.47. The van der Waals surface area contributed by atoms with E-state index >= 15 is 0 Å². The highest BCUT2D eigenvalue weighted by Crippen LogP contribution is 2.20. The highest BCUT2D eigenvalue weighted by molar-refractivity contribution is 4.85. The Labute approximate surface area is 123 Å². The minimum absolute atomic E-state index is 1.30. The van der Waals surface area contributed by atoms with Crippen LogP contribution in [-0.2, 0) is 0 Å². The Hall–Kier alpha value is 0. The number of unbranched alkanes of at least 4 members (excludes halogenated alkanes) is 11. The van der Waals surface area contributed by atoms with Gasteiger partial charge < -0.3 is 0 Å². The summed E-state index contributed by atoms with van der Waals surface area (Å²) < 4.78 is 0. The maximum absolute atomic E-state index is 2.30. The van der Waals surface area contributed by atoms with E-state index < -0.39 is 0 Å². The molecule has 19 heavy (non-hydrogen) atoms. The molecule has 1 radical (unpaired) electrons. The Bertz CT molecular complexity index is 146. The van der Waals surface area contributed by atoms with Gasteiger partial charge in [0.25, 0.3) is 0 Å². The molecule has 0 saturated carbocycles. The van der Waals surface area contributed by atoms with Crippen LogP contribution in [0.15, 0.2) is 0 Å². The largest absolute Gasteiger partial charge is 0.0654 e. The van der Waals surface area contributed by atoms with Crippen molar-refractivity contribution in [3.05, 3.63) is 5.92 Å². The van der Waals surface area contributed by atoms with Crippen molar-refractivity contribution in [1.29, 1.82) is 0 Å². The van der Waals surface area contributed by atoms with Gasteiger partial charge in [0.1, 0.15) is 0 Å². The fourth-order valence-electron chi connectivity index (χ4n) is 2.82. The molecule has 0 heterocycles. The van der Waals surface area contributed by atoms with Crippen molar-refractivity contribution in [3.8, 4) is 0 Å². The van der Waals surface area contributed by atoms with Crippen LogP contribution in [0.25, 0.3) is 0 Å². The molecule has 0 unspecified atom stereocenters. The van der Waals surface area contributed by atoms with Crippen molar-refractivity contribution >= 4 is 0 Å². The minimum Gasteiger partial charge on any atom is -0.0654 e. The SMILES string of the molecule is CCCCCCCCCCCCCC[C](CC)CC. The van der Waals surface area contributed by atoms with Gasteiger partial charge in [-0.3, -0.25) is 0 Å². The fraction of sp³-hybridized carbons (Fsp3) is 0.947. The average Bonchev–Trinajstić information content (AvgIpc) is 2.44. The van der Waals surface area contributed by atoms with Crippen LogP contribution in [0.2, 0.25) is 0 Å². The van der Waals surface area contributed by atoms with Gasteiger partial charge in [-0.1, -0.05) is 97.8 Å².